The lowest BCUT2D eigenvalue weighted by molar-refractivity contribution is -0.136. The summed E-state index contributed by atoms with van der Waals surface area (Å²) in [6.45, 7) is 3.62. The molecule has 0 saturated carbocycles. The molecule has 2 aromatic rings. The number of aliphatic hydroxyl groups is 1. The molecule has 1 saturated heterocycles. The van der Waals surface area contributed by atoms with Gasteiger partial charge in [-0.1, -0.05) is 43.7 Å². The average molecular weight is 451 g/mol. The number of imide groups is 1. The summed E-state index contributed by atoms with van der Waals surface area (Å²) in [6.07, 6.45) is 3.87. The Morgan fingerprint density at radius 3 is 2.73 bits per heavy atom. The number of piperidine rings is 1. The fourth-order valence-corrected chi connectivity index (χ4v) is 4.63. The number of rotatable bonds is 9. The number of amides is 3. The van der Waals surface area contributed by atoms with Crippen LogP contribution in [0.3, 0.4) is 0 Å². The second kappa shape index (κ2) is 9.80. The Morgan fingerprint density at radius 2 is 2.00 bits per heavy atom. The van der Waals surface area contributed by atoms with Gasteiger partial charge in [0.05, 0.1) is 11.3 Å². The molecule has 2 atom stereocenters. The Bertz CT molecular complexity index is 1040. The van der Waals surface area contributed by atoms with E-state index in [2.05, 4.69) is 27.8 Å². The van der Waals surface area contributed by atoms with E-state index in [4.69, 9.17) is 0 Å². The molecular formula is C25H30N4O4. The molecule has 2 aliphatic heterocycles. The van der Waals surface area contributed by atoms with Crippen molar-refractivity contribution < 1.29 is 19.5 Å². The zero-order valence-corrected chi connectivity index (χ0v) is 18.8. The van der Waals surface area contributed by atoms with Crippen LogP contribution in [0.5, 0.6) is 0 Å². The zero-order valence-electron chi connectivity index (χ0n) is 18.8. The summed E-state index contributed by atoms with van der Waals surface area (Å²) in [6, 6.07) is 11.2. The van der Waals surface area contributed by atoms with Gasteiger partial charge in [-0.05, 0) is 43.0 Å². The highest BCUT2D eigenvalue weighted by molar-refractivity contribution is 6.05. The van der Waals surface area contributed by atoms with Crippen LogP contribution in [-0.2, 0) is 28.3 Å². The minimum Gasteiger partial charge on any atom is -0.384 e. The monoisotopic (exact) mass is 450 g/mol. The highest BCUT2D eigenvalue weighted by Gasteiger charge is 2.40. The number of nitrogens with one attached hydrogen (secondary N) is 2. The number of nitrogens with zero attached hydrogens (tertiary/aromatic N) is 2. The number of aromatic nitrogens is 1. The van der Waals surface area contributed by atoms with E-state index in [1.54, 1.807) is 6.07 Å². The lowest BCUT2D eigenvalue weighted by atomic mass is 9.89. The van der Waals surface area contributed by atoms with Crippen LogP contribution in [0.1, 0.15) is 66.2 Å². The Hall–Kier alpha value is -3.10. The third-order valence-electron chi connectivity index (χ3n) is 6.44. The van der Waals surface area contributed by atoms with Gasteiger partial charge in [0.1, 0.15) is 11.6 Å². The zero-order chi connectivity index (χ0) is 23.4. The van der Waals surface area contributed by atoms with E-state index in [-0.39, 0.29) is 24.8 Å². The van der Waals surface area contributed by atoms with Crippen molar-refractivity contribution in [1.82, 2.24) is 20.5 Å². The molecule has 2 unspecified atom stereocenters. The predicted octanol–water partition coefficient (Wildman–Crippen LogP) is 2.01. The molecule has 33 heavy (non-hydrogen) atoms. The molecule has 174 valence electrons. The molecule has 0 radical (unpaired) electrons. The van der Waals surface area contributed by atoms with Gasteiger partial charge in [-0.3, -0.25) is 24.7 Å². The first-order chi connectivity index (χ1) is 15.9. The molecule has 8 heteroatoms. The quantitative estimate of drug-likeness (QED) is 0.398. The van der Waals surface area contributed by atoms with E-state index >= 15 is 0 Å². The van der Waals surface area contributed by atoms with Gasteiger partial charge < -0.3 is 15.3 Å². The van der Waals surface area contributed by atoms with Crippen LogP contribution >= 0.6 is 0 Å². The minimum absolute atomic E-state index is 0.215. The molecule has 3 heterocycles. The maximum atomic E-state index is 12.9. The smallest absolute Gasteiger partial charge is 0.256 e. The number of fused-ring (bicyclic) bond motifs is 1. The van der Waals surface area contributed by atoms with Crippen LogP contribution in [0.2, 0.25) is 0 Å². The first-order valence-corrected chi connectivity index (χ1v) is 11.5. The topological polar surface area (TPSA) is 112 Å². The second-order valence-electron chi connectivity index (χ2n) is 8.82. The van der Waals surface area contributed by atoms with Gasteiger partial charge in [-0.2, -0.15) is 0 Å². The largest absolute Gasteiger partial charge is 0.384 e. The van der Waals surface area contributed by atoms with Gasteiger partial charge in [-0.15, -0.1) is 0 Å². The molecule has 0 spiro atoms. The molecule has 2 aliphatic rings. The summed E-state index contributed by atoms with van der Waals surface area (Å²) >= 11 is 0. The molecule has 4 rings (SSSR count). The molecule has 1 fully saturated rings. The number of hydrogen-bond donors (Lipinski definition) is 3. The van der Waals surface area contributed by atoms with Crippen LogP contribution in [0.4, 0.5) is 0 Å². The van der Waals surface area contributed by atoms with Crippen molar-refractivity contribution in [2.24, 2.45) is 0 Å². The molecule has 3 N–H and O–H groups in total. The standard InChI is InChI=1S/C25H30N4O4/c1-2-10-25(33,11-12-26-14-17-6-4-3-5-7-17)21-13-18-16-29(24(32)19(18)15-27-21)20-8-9-22(30)28-23(20)31/h3-7,13,15,20,26,33H,2,8-12,14,16H2,1H3,(H,28,30,31). The first kappa shape index (κ1) is 23.1. The van der Waals surface area contributed by atoms with Crippen molar-refractivity contribution in [3.8, 4) is 0 Å². The molecule has 0 bridgehead atoms. The van der Waals surface area contributed by atoms with Crippen LogP contribution in [-0.4, -0.2) is 45.3 Å². The normalized spacial score (nSPS) is 19.9. The van der Waals surface area contributed by atoms with E-state index in [1.165, 1.54) is 16.7 Å². The Labute approximate surface area is 193 Å². The average Bonchev–Trinajstić information content (AvgIpc) is 3.13. The van der Waals surface area contributed by atoms with Crippen LogP contribution in [0, 0.1) is 0 Å². The maximum Gasteiger partial charge on any atom is 0.256 e. The number of carbonyl (C=O) groups excluding carboxylic acids is 3. The summed E-state index contributed by atoms with van der Waals surface area (Å²) in [5.74, 6) is -1.01. The summed E-state index contributed by atoms with van der Waals surface area (Å²) in [4.78, 5) is 42.6. The van der Waals surface area contributed by atoms with Gasteiger partial charge in [0.15, 0.2) is 0 Å². The summed E-state index contributed by atoms with van der Waals surface area (Å²) in [5.41, 5.74) is 1.81. The van der Waals surface area contributed by atoms with Crippen LogP contribution in [0.15, 0.2) is 42.6 Å². The van der Waals surface area contributed by atoms with Crippen LogP contribution in [0.25, 0.3) is 0 Å². The number of carbonyl (C=O) groups is 3. The summed E-state index contributed by atoms with van der Waals surface area (Å²) < 4.78 is 0. The third kappa shape index (κ3) is 4.96. The molecular weight excluding hydrogens is 420 g/mol. The Balaban J connectivity index is 1.45. The number of pyridine rings is 1. The van der Waals surface area contributed by atoms with Crippen molar-refractivity contribution in [2.75, 3.05) is 6.54 Å². The van der Waals surface area contributed by atoms with Crippen molar-refractivity contribution in [3.05, 3.63) is 65.0 Å². The van der Waals surface area contributed by atoms with Crippen molar-refractivity contribution >= 4 is 17.7 Å². The fourth-order valence-electron chi connectivity index (χ4n) is 4.63. The number of hydrogen-bond acceptors (Lipinski definition) is 6. The van der Waals surface area contributed by atoms with E-state index < -0.39 is 17.6 Å². The highest BCUT2D eigenvalue weighted by atomic mass is 16.3. The van der Waals surface area contributed by atoms with Crippen molar-refractivity contribution in [3.63, 3.8) is 0 Å². The summed E-state index contributed by atoms with van der Waals surface area (Å²) in [5, 5.41) is 17.2. The summed E-state index contributed by atoms with van der Waals surface area (Å²) in [7, 11) is 0. The van der Waals surface area contributed by atoms with Gasteiger partial charge in [0.25, 0.3) is 5.91 Å². The molecule has 8 nitrogen and oxygen atoms in total. The minimum atomic E-state index is -1.11. The van der Waals surface area contributed by atoms with Gasteiger partial charge in [0.2, 0.25) is 11.8 Å². The van der Waals surface area contributed by atoms with Gasteiger partial charge in [0, 0.05) is 25.7 Å². The van der Waals surface area contributed by atoms with E-state index in [1.807, 2.05) is 25.1 Å². The Morgan fingerprint density at radius 1 is 1.21 bits per heavy atom. The molecule has 3 amide bonds. The lowest BCUT2D eigenvalue weighted by Crippen LogP contribution is -2.52. The highest BCUT2D eigenvalue weighted by Crippen LogP contribution is 2.33. The van der Waals surface area contributed by atoms with E-state index in [9.17, 15) is 19.5 Å². The molecule has 1 aromatic heterocycles. The number of benzene rings is 1. The first-order valence-electron chi connectivity index (χ1n) is 11.5. The predicted molar refractivity (Wildman–Crippen MR) is 122 cm³/mol. The van der Waals surface area contributed by atoms with Crippen LogP contribution < -0.4 is 10.6 Å². The van der Waals surface area contributed by atoms with Crippen molar-refractivity contribution in [2.45, 2.75) is 63.8 Å². The maximum absolute atomic E-state index is 12.9. The van der Waals surface area contributed by atoms with Gasteiger partial charge in [-0.25, -0.2) is 0 Å². The second-order valence-corrected chi connectivity index (χ2v) is 8.82. The Kier molecular flexibility index (Phi) is 6.85. The van der Waals surface area contributed by atoms with Crippen molar-refractivity contribution in [1.29, 1.82) is 0 Å². The van der Waals surface area contributed by atoms with Gasteiger partial charge >= 0.3 is 0 Å². The SMILES string of the molecule is CCCC(O)(CCNCc1ccccc1)c1cc2c(cn1)C(=O)N(C1CCC(=O)NC1=O)C2. The van der Waals surface area contributed by atoms with E-state index in [0.717, 1.165) is 18.5 Å². The molecule has 1 aromatic carbocycles. The third-order valence-corrected chi connectivity index (χ3v) is 6.44. The lowest BCUT2D eigenvalue weighted by Gasteiger charge is -2.29. The molecule has 0 aliphatic carbocycles. The van der Waals surface area contributed by atoms with E-state index in [0.29, 0.717) is 37.1 Å². The fraction of sp³-hybridized carbons (Fsp3) is 0.440.